The molecule has 31 heavy (non-hydrogen) atoms. The molecule has 7 nitrogen and oxygen atoms in total. The molecule has 2 aromatic heterocycles. The maximum atomic E-state index is 14.6. The van der Waals surface area contributed by atoms with E-state index in [4.69, 9.17) is 22.1 Å². The highest BCUT2D eigenvalue weighted by molar-refractivity contribution is 7.18. The Hall–Kier alpha value is -2.33. The van der Waals surface area contributed by atoms with Gasteiger partial charge in [0.2, 0.25) is 0 Å². The molecule has 0 bridgehead atoms. The van der Waals surface area contributed by atoms with Crippen LogP contribution < -0.4 is 15.8 Å². The first-order valence-electron chi connectivity index (χ1n) is 9.79. The summed E-state index contributed by atoms with van der Waals surface area (Å²) in [5.74, 6) is 0.114. The largest absolute Gasteiger partial charge is 0.489 e. The normalized spacial score (nSPS) is 13.3. The second-order valence-corrected chi connectivity index (χ2v) is 8.96. The number of nitrogens with zero attached hydrogens (tertiary/aromatic N) is 3. The van der Waals surface area contributed by atoms with Crippen LogP contribution in [0.5, 0.6) is 5.75 Å². The zero-order valence-corrected chi connectivity index (χ0v) is 19.3. The first kappa shape index (κ1) is 23.3. The SMILES string of the molecule is Cc1cc(-c2nnc(-c3cc(F)c(OC[C@H](N)[C@H](C)O)cc3Cl)s2)cc(NC(C)C)n1. The first-order chi connectivity index (χ1) is 14.6. The minimum absolute atomic E-state index is 0.0382. The molecule has 166 valence electrons. The number of anilines is 1. The van der Waals surface area contributed by atoms with Crippen molar-refractivity contribution < 1.29 is 14.2 Å². The number of aliphatic hydroxyl groups is 1. The van der Waals surface area contributed by atoms with E-state index in [0.717, 1.165) is 17.1 Å². The summed E-state index contributed by atoms with van der Waals surface area (Å²) in [7, 11) is 0. The van der Waals surface area contributed by atoms with Gasteiger partial charge < -0.3 is 20.9 Å². The van der Waals surface area contributed by atoms with Crippen molar-refractivity contribution >= 4 is 28.8 Å². The Bertz CT molecular complexity index is 1060. The van der Waals surface area contributed by atoms with E-state index in [2.05, 4.69) is 20.5 Å². The zero-order chi connectivity index (χ0) is 22.7. The number of ether oxygens (including phenoxy) is 1. The Balaban J connectivity index is 1.86. The maximum Gasteiger partial charge on any atom is 0.165 e. The van der Waals surface area contributed by atoms with Crippen molar-refractivity contribution in [1.29, 1.82) is 0 Å². The van der Waals surface area contributed by atoms with Crippen LogP contribution in [0.4, 0.5) is 10.2 Å². The number of nitrogens with two attached hydrogens (primary N) is 1. The molecule has 2 atom stereocenters. The van der Waals surface area contributed by atoms with Crippen molar-refractivity contribution in [2.75, 3.05) is 11.9 Å². The number of nitrogens with one attached hydrogen (secondary N) is 1. The number of hydrogen-bond donors (Lipinski definition) is 3. The summed E-state index contributed by atoms with van der Waals surface area (Å²) in [5, 5.41) is 22.6. The molecule has 0 aliphatic rings. The molecule has 0 aliphatic carbocycles. The minimum Gasteiger partial charge on any atom is -0.489 e. The average molecular weight is 466 g/mol. The number of hydrogen-bond acceptors (Lipinski definition) is 8. The van der Waals surface area contributed by atoms with Crippen LogP contribution in [0.15, 0.2) is 24.3 Å². The Morgan fingerprint density at radius 1 is 1.19 bits per heavy atom. The van der Waals surface area contributed by atoms with Gasteiger partial charge in [0.25, 0.3) is 0 Å². The van der Waals surface area contributed by atoms with Gasteiger partial charge in [-0.2, -0.15) is 0 Å². The lowest BCUT2D eigenvalue weighted by Crippen LogP contribution is -2.38. The van der Waals surface area contributed by atoms with Crippen molar-refractivity contribution in [2.45, 2.75) is 45.9 Å². The third-order valence-corrected chi connectivity index (χ3v) is 5.68. The van der Waals surface area contributed by atoms with Crippen molar-refractivity contribution in [2.24, 2.45) is 5.73 Å². The molecule has 0 saturated carbocycles. The molecule has 4 N–H and O–H groups in total. The Kier molecular flexibility index (Phi) is 7.42. The summed E-state index contributed by atoms with van der Waals surface area (Å²) in [6.45, 7) is 7.48. The van der Waals surface area contributed by atoms with E-state index in [0.29, 0.717) is 15.6 Å². The smallest absolute Gasteiger partial charge is 0.165 e. The molecule has 2 heterocycles. The van der Waals surface area contributed by atoms with Gasteiger partial charge in [0.05, 0.1) is 17.2 Å². The fourth-order valence-corrected chi connectivity index (χ4v) is 3.90. The van der Waals surface area contributed by atoms with E-state index in [1.807, 2.05) is 32.9 Å². The molecule has 0 aliphatic heterocycles. The number of halogens is 2. The van der Waals surface area contributed by atoms with Gasteiger partial charge in [0.1, 0.15) is 22.4 Å². The van der Waals surface area contributed by atoms with Crippen molar-refractivity contribution in [3.63, 3.8) is 0 Å². The van der Waals surface area contributed by atoms with E-state index < -0.39 is 18.0 Å². The molecule has 3 aromatic rings. The minimum atomic E-state index is -0.773. The maximum absolute atomic E-state index is 14.6. The number of rotatable bonds is 8. The van der Waals surface area contributed by atoms with Gasteiger partial charge in [-0.15, -0.1) is 10.2 Å². The number of aryl methyl sites for hydroxylation is 1. The summed E-state index contributed by atoms with van der Waals surface area (Å²) in [4.78, 5) is 4.48. The fraction of sp³-hybridized carbons (Fsp3) is 0.381. The lowest BCUT2D eigenvalue weighted by Gasteiger charge is -2.16. The summed E-state index contributed by atoms with van der Waals surface area (Å²) in [5.41, 5.74) is 7.85. The van der Waals surface area contributed by atoms with Gasteiger partial charge in [-0.05, 0) is 45.9 Å². The van der Waals surface area contributed by atoms with Crippen LogP contribution in [0, 0.1) is 12.7 Å². The Morgan fingerprint density at radius 2 is 1.90 bits per heavy atom. The summed E-state index contributed by atoms with van der Waals surface area (Å²) >= 11 is 7.67. The van der Waals surface area contributed by atoms with E-state index in [1.165, 1.54) is 23.5 Å². The summed E-state index contributed by atoms with van der Waals surface area (Å²) in [6, 6.07) is 6.07. The third kappa shape index (κ3) is 5.88. The summed E-state index contributed by atoms with van der Waals surface area (Å²) in [6.07, 6.45) is -0.773. The highest BCUT2D eigenvalue weighted by atomic mass is 35.5. The van der Waals surface area contributed by atoms with Crippen molar-refractivity contribution in [3.8, 4) is 26.9 Å². The van der Waals surface area contributed by atoms with Gasteiger partial charge >= 0.3 is 0 Å². The molecule has 3 rings (SSSR count). The van der Waals surface area contributed by atoms with Gasteiger partial charge in [0.15, 0.2) is 11.6 Å². The lowest BCUT2D eigenvalue weighted by atomic mass is 10.2. The van der Waals surface area contributed by atoms with E-state index in [1.54, 1.807) is 6.92 Å². The number of pyridine rings is 1. The topological polar surface area (TPSA) is 106 Å². The highest BCUT2D eigenvalue weighted by Crippen LogP contribution is 2.37. The van der Waals surface area contributed by atoms with Crippen LogP contribution in [0.2, 0.25) is 5.02 Å². The van der Waals surface area contributed by atoms with Crippen LogP contribution in [0.3, 0.4) is 0 Å². The van der Waals surface area contributed by atoms with Gasteiger partial charge in [-0.3, -0.25) is 0 Å². The molecular weight excluding hydrogens is 441 g/mol. The monoisotopic (exact) mass is 465 g/mol. The molecule has 0 spiro atoms. The van der Waals surface area contributed by atoms with Gasteiger partial charge in [-0.25, -0.2) is 9.37 Å². The van der Waals surface area contributed by atoms with E-state index in [9.17, 15) is 9.50 Å². The lowest BCUT2D eigenvalue weighted by molar-refractivity contribution is 0.129. The Morgan fingerprint density at radius 3 is 2.58 bits per heavy atom. The van der Waals surface area contributed by atoms with Crippen LogP contribution in [0.1, 0.15) is 26.5 Å². The number of aromatic nitrogens is 3. The van der Waals surface area contributed by atoms with E-state index in [-0.39, 0.29) is 23.4 Å². The van der Waals surface area contributed by atoms with Crippen LogP contribution in [-0.2, 0) is 0 Å². The number of aliphatic hydroxyl groups excluding tert-OH is 1. The Labute approximate surface area is 189 Å². The highest BCUT2D eigenvalue weighted by Gasteiger charge is 2.18. The van der Waals surface area contributed by atoms with Crippen LogP contribution in [0.25, 0.3) is 21.1 Å². The third-order valence-electron chi connectivity index (χ3n) is 4.36. The van der Waals surface area contributed by atoms with Gasteiger partial charge in [0, 0.05) is 28.9 Å². The second-order valence-electron chi connectivity index (χ2n) is 7.57. The van der Waals surface area contributed by atoms with Crippen LogP contribution >= 0.6 is 22.9 Å². The van der Waals surface area contributed by atoms with Gasteiger partial charge in [-0.1, -0.05) is 22.9 Å². The molecule has 0 radical (unpaired) electrons. The van der Waals surface area contributed by atoms with E-state index >= 15 is 0 Å². The van der Waals surface area contributed by atoms with Crippen molar-refractivity contribution in [1.82, 2.24) is 15.2 Å². The predicted octanol–water partition coefficient (Wildman–Crippen LogP) is 4.28. The zero-order valence-electron chi connectivity index (χ0n) is 17.7. The molecule has 0 saturated heterocycles. The first-order valence-corrected chi connectivity index (χ1v) is 11.0. The molecule has 10 heteroatoms. The van der Waals surface area contributed by atoms with Crippen LogP contribution in [-0.4, -0.2) is 45.1 Å². The van der Waals surface area contributed by atoms with Crippen molar-refractivity contribution in [3.05, 3.63) is 40.8 Å². The predicted molar refractivity (Wildman–Crippen MR) is 122 cm³/mol. The molecule has 0 fully saturated rings. The number of benzene rings is 1. The fourth-order valence-electron chi connectivity index (χ4n) is 2.74. The summed E-state index contributed by atoms with van der Waals surface area (Å²) < 4.78 is 20.0. The standard InChI is InChI=1S/C21H25ClFN5O2S/c1-10(2)25-19-6-13(5-11(3)26-19)20-27-28-21(31-20)14-7-16(23)18(8-15(14)22)30-9-17(24)12(4)29/h5-8,10,12,17,29H,9,24H2,1-4H3,(H,25,26)/t12-,17-/m0/s1. The molecule has 1 aromatic carbocycles. The molecular formula is C21H25ClFN5O2S. The quantitative estimate of drug-likeness (QED) is 0.456. The second kappa shape index (κ2) is 9.86. The molecule has 0 unspecified atom stereocenters. The molecule has 0 amide bonds. The average Bonchev–Trinajstić information content (AvgIpc) is 3.17.